The average Bonchev–Trinajstić information content (AvgIpc) is 3.20. The van der Waals surface area contributed by atoms with E-state index in [1.807, 2.05) is 36.4 Å². The largest absolute Gasteiger partial charge is 0.354 e. The number of hydrogen-bond acceptors (Lipinski definition) is 6. The molecule has 1 aliphatic heterocycles. The van der Waals surface area contributed by atoms with Crippen molar-refractivity contribution in [2.45, 2.75) is 0 Å². The van der Waals surface area contributed by atoms with E-state index in [9.17, 15) is 4.79 Å². The zero-order chi connectivity index (χ0) is 19.5. The van der Waals surface area contributed by atoms with Crippen LogP contribution >= 0.6 is 22.9 Å². The minimum absolute atomic E-state index is 0.251. The Kier molecular flexibility index (Phi) is 5.57. The summed E-state index contributed by atoms with van der Waals surface area (Å²) in [4.78, 5) is 26.0. The van der Waals surface area contributed by atoms with Crippen LogP contribution in [0.1, 0.15) is 10.5 Å². The van der Waals surface area contributed by atoms with Crippen molar-refractivity contribution in [3.8, 4) is 10.6 Å². The predicted octanol–water partition coefficient (Wildman–Crippen LogP) is 3.86. The maximum absolute atomic E-state index is 12.5. The second-order valence-electron chi connectivity index (χ2n) is 6.70. The lowest BCUT2D eigenvalue weighted by atomic mass is 10.2. The van der Waals surface area contributed by atoms with Crippen molar-refractivity contribution >= 4 is 40.4 Å². The van der Waals surface area contributed by atoms with Crippen LogP contribution in [0.2, 0.25) is 5.02 Å². The Morgan fingerprint density at radius 3 is 2.71 bits per heavy atom. The van der Waals surface area contributed by atoms with Crippen molar-refractivity contribution in [3.63, 3.8) is 0 Å². The van der Waals surface area contributed by atoms with Crippen molar-refractivity contribution in [3.05, 3.63) is 58.7 Å². The summed E-state index contributed by atoms with van der Waals surface area (Å²) in [6.07, 6.45) is 1.69. The normalized spacial score (nSPS) is 14.9. The second-order valence-corrected chi connectivity index (χ2v) is 7.99. The number of carbonyl (C=O) groups excluding carboxylic acids is 1. The fourth-order valence-electron chi connectivity index (χ4n) is 3.01. The highest BCUT2D eigenvalue weighted by Crippen LogP contribution is 2.26. The van der Waals surface area contributed by atoms with Gasteiger partial charge in [-0.3, -0.25) is 4.79 Å². The summed E-state index contributed by atoms with van der Waals surface area (Å²) in [5.41, 5.74) is 1.93. The molecule has 0 radical (unpaired) electrons. The van der Waals surface area contributed by atoms with Gasteiger partial charge in [-0.2, -0.15) is 0 Å². The maximum atomic E-state index is 12.5. The van der Waals surface area contributed by atoms with Crippen LogP contribution in [0.15, 0.2) is 48.0 Å². The SMILES string of the molecule is CN1CCN(c2ccc(NC(=O)c3csc(-c4cccc(Cl)c4)n3)cn2)CC1. The molecule has 1 saturated heterocycles. The van der Waals surface area contributed by atoms with E-state index in [2.05, 4.69) is 32.1 Å². The van der Waals surface area contributed by atoms with Gasteiger partial charge in [0.2, 0.25) is 0 Å². The summed E-state index contributed by atoms with van der Waals surface area (Å²) >= 11 is 7.45. The van der Waals surface area contributed by atoms with Crippen molar-refractivity contribution < 1.29 is 4.79 Å². The van der Waals surface area contributed by atoms with E-state index in [4.69, 9.17) is 11.6 Å². The molecule has 1 aromatic carbocycles. The highest BCUT2D eigenvalue weighted by atomic mass is 35.5. The van der Waals surface area contributed by atoms with Crippen LogP contribution in [-0.2, 0) is 0 Å². The summed E-state index contributed by atoms with van der Waals surface area (Å²) in [5.74, 6) is 0.682. The first-order chi connectivity index (χ1) is 13.6. The zero-order valence-electron chi connectivity index (χ0n) is 15.4. The van der Waals surface area contributed by atoms with Crippen molar-refractivity contribution in [2.24, 2.45) is 0 Å². The Labute approximate surface area is 172 Å². The van der Waals surface area contributed by atoms with E-state index in [-0.39, 0.29) is 5.91 Å². The number of rotatable bonds is 4. The molecule has 3 aromatic rings. The molecular formula is C20H20ClN5OS. The Hall–Kier alpha value is -2.48. The number of thiazole rings is 1. The Morgan fingerprint density at radius 1 is 1.18 bits per heavy atom. The minimum atomic E-state index is -0.251. The number of hydrogen-bond donors (Lipinski definition) is 1. The molecule has 0 saturated carbocycles. The molecule has 0 bridgehead atoms. The van der Waals surface area contributed by atoms with E-state index in [1.54, 1.807) is 11.6 Å². The number of anilines is 2. The summed E-state index contributed by atoms with van der Waals surface area (Å²) in [7, 11) is 2.12. The van der Waals surface area contributed by atoms with Gasteiger partial charge in [0.1, 0.15) is 16.5 Å². The van der Waals surface area contributed by atoms with Crippen LogP contribution in [0.25, 0.3) is 10.6 Å². The molecule has 4 rings (SSSR count). The van der Waals surface area contributed by atoms with Gasteiger partial charge in [-0.25, -0.2) is 9.97 Å². The number of carbonyl (C=O) groups is 1. The first-order valence-corrected chi connectivity index (χ1v) is 10.3. The Morgan fingerprint density at radius 2 is 2.00 bits per heavy atom. The van der Waals surface area contributed by atoms with Gasteiger partial charge in [-0.15, -0.1) is 11.3 Å². The predicted molar refractivity (Wildman–Crippen MR) is 114 cm³/mol. The number of pyridine rings is 1. The monoisotopic (exact) mass is 413 g/mol. The van der Waals surface area contributed by atoms with Crippen LogP contribution < -0.4 is 10.2 Å². The fraction of sp³-hybridized carbons (Fsp3) is 0.250. The van der Waals surface area contributed by atoms with Gasteiger partial charge >= 0.3 is 0 Å². The lowest BCUT2D eigenvalue weighted by molar-refractivity contribution is 0.102. The van der Waals surface area contributed by atoms with Crippen LogP contribution in [0, 0.1) is 0 Å². The van der Waals surface area contributed by atoms with Gasteiger partial charge < -0.3 is 15.1 Å². The molecule has 0 atom stereocenters. The van der Waals surface area contributed by atoms with Crippen LogP contribution in [-0.4, -0.2) is 54.0 Å². The molecule has 1 aliphatic rings. The number of benzene rings is 1. The van der Waals surface area contributed by atoms with Crippen LogP contribution in [0.4, 0.5) is 11.5 Å². The maximum Gasteiger partial charge on any atom is 0.275 e. The van der Waals surface area contributed by atoms with E-state index < -0.39 is 0 Å². The molecule has 6 nitrogen and oxygen atoms in total. The molecule has 28 heavy (non-hydrogen) atoms. The van der Waals surface area contributed by atoms with E-state index in [1.165, 1.54) is 11.3 Å². The second kappa shape index (κ2) is 8.26. The van der Waals surface area contributed by atoms with Gasteiger partial charge in [0.05, 0.1) is 11.9 Å². The first kappa shape index (κ1) is 18.9. The number of piperazine rings is 1. The molecule has 0 aliphatic carbocycles. The lowest BCUT2D eigenvalue weighted by Crippen LogP contribution is -2.44. The topological polar surface area (TPSA) is 61.4 Å². The molecule has 8 heteroatoms. The third-order valence-electron chi connectivity index (χ3n) is 4.64. The number of nitrogens with zero attached hydrogens (tertiary/aromatic N) is 4. The van der Waals surface area contributed by atoms with Crippen LogP contribution in [0.5, 0.6) is 0 Å². The third-order valence-corrected chi connectivity index (χ3v) is 5.77. The zero-order valence-corrected chi connectivity index (χ0v) is 17.0. The number of halogens is 1. The van der Waals surface area contributed by atoms with Gasteiger partial charge in [-0.05, 0) is 31.3 Å². The molecule has 144 valence electrons. The smallest absolute Gasteiger partial charge is 0.275 e. The third kappa shape index (κ3) is 4.32. The lowest BCUT2D eigenvalue weighted by Gasteiger charge is -2.33. The summed E-state index contributed by atoms with van der Waals surface area (Å²) in [5, 5.41) is 6.01. The van der Waals surface area contributed by atoms with E-state index in [0.29, 0.717) is 16.4 Å². The molecule has 2 aromatic heterocycles. The van der Waals surface area contributed by atoms with E-state index in [0.717, 1.165) is 42.6 Å². The van der Waals surface area contributed by atoms with Crippen LogP contribution in [0.3, 0.4) is 0 Å². The molecular weight excluding hydrogens is 394 g/mol. The van der Waals surface area contributed by atoms with Gasteiger partial charge in [-0.1, -0.05) is 23.7 Å². The molecule has 3 heterocycles. The van der Waals surface area contributed by atoms with Gasteiger partial charge in [0.15, 0.2) is 0 Å². The quantitative estimate of drug-likeness (QED) is 0.703. The van der Waals surface area contributed by atoms with Crippen molar-refractivity contribution in [1.82, 2.24) is 14.9 Å². The standard InChI is InChI=1S/C20H20ClN5OS/c1-25-7-9-26(10-8-25)18-6-5-16(12-22-18)23-19(27)17-13-28-20(24-17)14-3-2-4-15(21)11-14/h2-6,11-13H,7-10H2,1H3,(H,23,27). The highest BCUT2D eigenvalue weighted by Gasteiger charge is 2.16. The number of aromatic nitrogens is 2. The average molecular weight is 414 g/mol. The number of nitrogens with one attached hydrogen (secondary N) is 1. The molecule has 1 fully saturated rings. The van der Waals surface area contributed by atoms with Crippen molar-refractivity contribution in [1.29, 1.82) is 0 Å². The first-order valence-electron chi connectivity index (χ1n) is 9.01. The molecule has 0 spiro atoms. The Bertz CT molecular complexity index is 967. The molecule has 1 N–H and O–H groups in total. The number of amides is 1. The summed E-state index contributed by atoms with van der Waals surface area (Å²) in [6.45, 7) is 3.97. The Balaban J connectivity index is 1.41. The van der Waals surface area contributed by atoms with Gasteiger partial charge in [0, 0.05) is 42.1 Å². The fourth-order valence-corrected chi connectivity index (χ4v) is 4.00. The summed E-state index contributed by atoms with van der Waals surface area (Å²) in [6, 6.07) is 11.3. The molecule has 0 unspecified atom stereocenters. The highest BCUT2D eigenvalue weighted by molar-refractivity contribution is 7.13. The molecule has 1 amide bonds. The number of likely N-dealkylation sites (N-methyl/N-ethyl adjacent to an activating group) is 1. The summed E-state index contributed by atoms with van der Waals surface area (Å²) < 4.78 is 0. The van der Waals surface area contributed by atoms with Crippen molar-refractivity contribution in [2.75, 3.05) is 43.4 Å². The van der Waals surface area contributed by atoms with E-state index >= 15 is 0 Å². The minimum Gasteiger partial charge on any atom is -0.354 e. The van der Waals surface area contributed by atoms with Gasteiger partial charge in [0.25, 0.3) is 5.91 Å².